The van der Waals surface area contributed by atoms with Crippen LogP contribution >= 0.6 is 11.3 Å². The molecule has 23 heavy (non-hydrogen) atoms. The Hall–Kier alpha value is -1.34. The van der Waals surface area contributed by atoms with Gasteiger partial charge in [0.15, 0.2) is 5.13 Å². The third kappa shape index (κ3) is 4.35. The number of thiazole rings is 1. The lowest BCUT2D eigenvalue weighted by Gasteiger charge is -2.29. The molecule has 0 spiro atoms. The quantitative estimate of drug-likeness (QED) is 0.917. The number of hydrogen-bond donors (Lipinski definition) is 1. The fraction of sp³-hybridized carbons (Fsp3) is 0.750. The van der Waals surface area contributed by atoms with Crippen LogP contribution in [0.5, 0.6) is 0 Å². The van der Waals surface area contributed by atoms with Gasteiger partial charge in [-0.3, -0.25) is 0 Å². The number of carbonyl (C=O) groups is 1. The molecule has 0 aliphatic carbocycles. The Bertz CT molecular complexity index is 561. The van der Waals surface area contributed by atoms with Gasteiger partial charge in [0, 0.05) is 36.9 Å². The zero-order chi connectivity index (χ0) is 16.4. The van der Waals surface area contributed by atoms with E-state index in [1.807, 2.05) is 20.8 Å². The standard InChI is InChI=1S/C16H25N3O3S/c1-16(2,3)22-15(20)19-6-4-12-13(9-19)23-14(18-12)17-8-11-5-7-21-10-11/h11H,4-10H2,1-3H3,(H,17,18). The minimum atomic E-state index is -0.457. The Morgan fingerprint density at radius 3 is 3.04 bits per heavy atom. The average Bonchev–Trinajstić information content (AvgIpc) is 3.11. The van der Waals surface area contributed by atoms with E-state index in [9.17, 15) is 4.79 Å². The first-order valence-corrected chi connectivity index (χ1v) is 9.00. The van der Waals surface area contributed by atoms with Crippen molar-refractivity contribution in [3.63, 3.8) is 0 Å². The van der Waals surface area contributed by atoms with Crippen molar-refractivity contribution in [3.8, 4) is 0 Å². The Labute approximate surface area is 141 Å². The number of anilines is 1. The zero-order valence-corrected chi connectivity index (χ0v) is 14.9. The lowest BCUT2D eigenvalue weighted by atomic mass is 10.1. The Morgan fingerprint density at radius 1 is 1.52 bits per heavy atom. The number of carbonyl (C=O) groups excluding carboxylic acids is 1. The summed E-state index contributed by atoms with van der Waals surface area (Å²) in [6, 6.07) is 0. The van der Waals surface area contributed by atoms with Gasteiger partial charge in [0.05, 0.1) is 18.8 Å². The number of nitrogens with zero attached hydrogens (tertiary/aromatic N) is 2. The van der Waals surface area contributed by atoms with E-state index in [1.54, 1.807) is 16.2 Å². The molecular formula is C16H25N3O3S. The second-order valence-electron chi connectivity index (χ2n) is 7.15. The van der Waals surface area contributed by atoms with Crippen molar-refractivity contribution in [2.24, 2.45) is 5.92 Å². The van der Waals surface area contributed by atoms with Crippen molar-refractivity contribution in [3.05, 3.63) is 10.6 Å². The van der Waals surface area contributed by atoms with Crippen molar-refractivity contribution in [2.75, 3.05) is 31.6 Å². The number of rotatable bonds is 3. The van der Waals surface area contributed by atoms with Gasteiger partial charge in [-0.05, 0) is 27.2 Å². The molecule has 128 valence electrons. The Morgan fingerprint density at radius 2 is 2.35 bits per heavy atom. The smallest absolute Gasteiger partial charge is 0.410 e. The number of hydrogen-bond acceptors (Lipinski definition) is 6. The molecule has 3 rings (SSSR count). The van der Waals surface area contributed by atoms with Gasteiger partial charge in [0.2, 0.25) is 0 Å². The number of fused-ring (bicyclic) bond motifs is 1. The van der Waals surface area contributed by atoms with Crippen LogP contribution in [0.15, 0.2) is 0 Å². The predicted octanol–water partition coefficient (Wildman–Crippen LogP) is 2.88. The molecule has 0 aromatic carbocycles. The molecule has 1 aromatic heterocycles. The van der Waals surface area contributed by atoms with E-state index in [1.165, 1.54) is 0 Å². The van der Waals surface area contributed by atoms with E-state index in [0.717, 1.165) is 48.3 Å². The molecule has 3 heterocycles. The Balaban J connectivity index is 1.57. The van der Waals surface area contributed by atoms with Crippen molar-refractivity contribution < 1.29 is 14.3 Å². The van der Waals surface area contributed by atoms with Gasteiger partial charge in [-0.25, -0.2) is 9.78 Å². The normalized spacial score (nSPS) is 21.2. The summed E-state index contributed by atoms with van der Waals surface area (Å²) in [5.74, 6) is 0.578. The molecule has 0 radical (unpaired) electrons. The maximum absolute atomic E-state index is 12.2. The number of amides is 1. The minimum absolute atomic E-state index is 0.242. The zero-order valence-electron chi connectivity index (χ0n) is 14.1. The highest BCUT2D eigenvalue weighted by atomic mass is 32.1. The first-order chi connectivity index (χ1) is 10.9. The summed E-state index contributed by atoms with van der Waals surface area (Å²) in [6.07, 6.45) is 1.67. The van der Waals surface area contributed by atoms with Crippen LogP contribution in [0.25, 0.3) is 0 Å². The molecule has 1 aromatic rings. The van der Waals surface area contributed by atoms with Gasteiger partial charge in [0.1, 0.15) is 5.60 Å². The van der Waals surface area contributed by atoms with Gasteiger partial charge in [-0.1, -0.05) is 11.3 Å². The molecule has 6 nitrogen and oxygen atoms in total. The number of aromatic nitrogens is 1. The van der Waals surface area contributed by atoms with Crippen LogP contribution in [0.4, 0.5) is 9.93 Å². The van der Waals surface area contributed by atoms with Crippen molar-refractivity contribution in [1.29, 1.82) is 0 Å². The van der Waals surface area contributed by atoms with Crippen LogP contribution in [0.1, 0.15) is 37.8 Å². The van der Waals surface area contributed by atoms with Crippen LogP contribution in [0.2, 0.25) is 0 Å². The van der Waals surface area contributed by atoms with Crippen molar-refractivity contribution >= 4 is 22.6 Å². The highest BCUT2D eigenvalue weighted by Crippen LogP contribution is 2.29. The highest BCUT2D eigenvalue weighted by Gasteiger charge is 2.28. The van der Waals surface area contributed by atoms with Gasteiger partial charge in [-0.2, -0.15) is 0 Å². The third-order valence-corrected chi connectivity index (χ3v) is 4.99. The van der Waals surface area contributed by atoms with Gasteiger partial charge >= 0.3 is 6.09 Å². The van der Waals surface area contributed by atoms with E-state index in [-0.39, 0.29) is 6.09 Å². The van der Waals surface area contributed by atoms with Gasteiger partial charge in [0.25, 0.3) is 0 Å². The van der Waals surface area contributed by atoms with E-state index in [2.05, 4.69) is 10.3 Å². The summed E-state index contributed by atoms with van der Waals surface area (Å²) in [5.41, 5.74) is 0.654. The average molecular weight is 339 g/mol. The molecule has 1 amide bonds. The molecule has 2 aliphatic rings. The van der Waals surface area contributed by atoms with Gasteiger partial charge in [-0.15, -0.1) is 0 Å². The van der Waals surface area contributed by atoms with E-state index >= 15 is 0 Å². The lowest BCUT2D eigenvalue weighted by Crippen LogP contribution is -2.39. The van der Waals surface area contributed by atoms with Crippen molar-refractivity contribution in [1.82, 2.24) is 9.88 Å². The maximum Gasteiger partial charge on any atom is 0.410 e. The summed E-state index contributed by atoms with van der Waals surface area (Å²) >= 11 is 1.65. The molecule has 1 fully saturated rings. The van der Waals surface area contributed by atoms with E-state index < -0.39 is 5.60 Å². The minimum Gasteiger partial charge on any atom is -0.444 e. The molecule has 0 saturated carbocycles. The fourth-order valence-electron chi connectivity index (χ4n) is 2.73. The Kier molecular flexibility index (Phi) is 4.77. The molecule has 2 aliphatic heterocycles. The lowest BCUT2D eigenvalue weighted by molar-refractivity contribution is 0.0225. The number of nitrogens with one attached hydrogen (secondary N) is 1. The first-order valence-electron chi connectivity index (χ1n) is 8.19. The summed E-state index contributed by atoms with van der Waals surface area (Å²) in [6.45, 7) is 9.54. The fourth-order valence-corrected chi connectivity index (χ4v) is 3.76. The topological polar surface area (TPSA) is 63.7 Å². The van der Waals surface area contributed by atoms with Crippen LogP contribution < -0.4 is 5.32 Å². The molecule has 1 N–H and O–H groups in total. The summed E-state index contributed by atoms with van der Waals surface area (Å²) in [7, 11) is 0. The highest BCUT2D eigenvalue weighted by molar-refractivity contribution is 7.15. The molecule has 1 unspecified atom stereocenters. The first kappa shape index (κ1) is 16.5. The SMILES string of the molecule is CC(C)(C)OC(=O)N1CCc2nc(NCC3CCOC3)sc2C1. The monoisotopic (exact) mass is 339 g/mol. The molecule has 0 bridgehead atoms. The summed E-state index contributed by atoms with van der Waals surface area (Å²) in [4.78, 5) is 19.8. The van der Waals surface area contributed by atoms with Gasteiger partial charge < -0.3 is 19.7 Å². The predicted molar refractivity (Wildman–Crippen MR) is 89.9 cm³/mol. The van der Waals surface area contributed by atoms with Crippen LogP contribution in [-0.4, -0.2) is 47.9 Å². The van der Waals surface area contributed by atoms with Crippen molar-refractivity contribution in [2.45, 2.75) is 45.8 Å². The van der Waals surface area contributed by atoms with Crippen LogP contribution in [0.3, 0.4) is 0 Å². The van der Waals surface area contributed by atoms with Crippen LogP contribution in [-0.2, 0) is 22.4 Å². The number of ether oxygens (including phenoxy) is 2. The van der Waals surface area contributed by atoms with E-state index in [4.69, 9.17) is 9.47 Å². The second-order valence-corrected chi connectivity index (χ2v) is 8.23. The summed E-state index contributed by atoms with van der Waals surface area (Å²) < 4.78 is 10.8. The summed E-state index contributed by atoms with van der Waals surface area (Å²) in [5, 5.41) is 4.37. The molecule has 7 heteroatoms. The molecule has 1 atom stereocenters. The van der Waals surface area contributed by atoms with E-state index in [0.29, 0.717) is 19.0 Å². The molecular weight excluding hydrogens is 314 g/mol. The van der Waals surface area contributed by atoms with Crippen LogP contribution in [0, 0.1) is 5.92 Å². The second kappa shape index (κ2) is 6.65. The maximum atomic E-state index is 12.2. The third-order valence-electron chi connectivity index (χ3n) is 3.95. The molecule has 1 saturated heterocycles. The largest absolute Gasteiger partial charge is 0.444 e.